The van der Waals surface area contributed by atoms with Crippen LogP contribution in [0.2, 0.25) is 0 Å². The first-order valence-corrected chi connectivity index (χ1v) is 5.68. The molecule has 0 aliphatic carbocycles. The van der Waals surface area contributed by atoms with Crippen LogP contribution in [0.4, 0.5) is 0 Å². The van der Waals surface area contributed by atoms with Crippen LogP contribution >= 0.6 is 0 Å². The van der Waals surface area contributed by atoms with E-state index in [1.165, 1.54) is 4.90 Å². The fraction of sp³-hybridized carbons (Fsp3) is 0.667. The number of rotatable bonds is 2. The van der Waals surface area contributed by atoms with Gasteiger partial charge in [0.2, 0.25) is 5.91 Å². The van der Waals surface area contributed by atoms with Crippen LogP contribution in [0, 0.1) is 18.3 Å². The lowest BCUT2D eigenvalue weighted by Crippen LogP contribution is -2.58. The SMILES string of the molecule is C#CC1CC(=O)N(C2(C(=O)O)CCOCC2)C1. The number of carboxylic acids is 1. The lowest BCUT2D eigenvalue weighted by molar-refractivity contribution is -0.163. The molecule has 2 heterocycles. The van der Waals surface area contributed by atoms with Crippen molar-refractivity contribution in [2.75, 3.05) is 19.8 Å². The molecule has 0 saturated carbocycles. The van der Waals surface area contributed by atoms with Crippen molar-refractivity contribution in [3.8, 4) is 12.3 Å². The van der Waals surface area contributed by atoms with Gasteiger partial charge < -0.3 is 14.7 Å². The number of likely N-dealkylation sites (tertiary alicyclic amines) is 1. The van der Waals surface area contributed by atoms with Crippen molar-refractivity contribution in [2.24, 2.45) is 5.92 Å². The fourth-order valence-electron chi connectivity index (χ4n) is 2.54. The van der Waals surface area contributed by atoms with E-state index in [0.717, 1.165) is 0 Å². The normalized spacial score (nSPS) is 27.8. The summed E-state index contributed by atoms with van der Waals surface area (Å²) in [6, 6.07) is 0. The summed E-state index contributed by atoms with van der Waals surface area (Å²) >= 11 is 0. The Bertz CT molecular complexity index is 378. The molecule has 5 nitrogen and oxygen atoms in total. The molecule has 1 unspecified atom stereocenters. The first-order valence-electron chi connectivity index (χ1n) is 5.68. The van der Waals surface area contributed by atoms with Crippen LogP contribution in [-0.2, 0) is 14.3 Å². The number of carboxylic acid groups (broad SMARTS) is 1. The van der Waals surface area contributed by atoms with E-state index in [-0.39, 0.29) is 18.2 Å². The summed E-state index contributed by atoms with van der Waals surface area (Å²) in [4.78, 5) is 24.8. The Morgan fingerprint density at radius 3 is 2.65 bits per heavy atom. The van der Waals surface area contributed by atoms with Gasteiger partial charge in [0, 0.05) is 44.9 Å². The maximum Gasteiger partial charge on any atom is 0.329 e. The second kappa shape index (κ2) is 4.38. The van der Waals surface area contributed by atoms with Crippen LogP contribution < -0.4 is 0 Å². The summed E-state index contributed by atoms with van der Waals surface area (Å²) in [7, 11) is 0. The van der Waals surface area contributed by atoms with Crippen LogP contribution in [0.15, 0.2) is 0 Å². The zero-order valence-corrected chi connectivity index (χ0v) is 9.52. The van der Waals surface area contributed by atoms with E-state index in [1.807, 2.05) is 0 Å². The quantitative estimate of drug-likeness (QED) is 0.692. The molecule has 2 rings (SSSR count). The minimum atomic E-state index is -1.11. The average molecular weight is 237 g/mol. The molecular formula is C12H15NO4. The predicted octanol–water partition coefficient (Wildman–Crippen LogP) is 0.102. The predicted molar refractivity (Wildman–Crippen MR) is 59.1 cm³/mol. The van der Waals surface area contributed by atoms with Gasteiger partial charge >= 0.3 is 5.97 Å². The molecule has 1 amide bonds. The summed E-state index contributed by atoms with van der Waals surface area (Å²) in [6.07, 6.45) is 6.24. The topological polar surface area (TPSA) is 66.8 Å². The third kappa shape index (κ3) is 1.89. The maximum atomic E-state index is 11.9. The zero-order valence-electron chi connectivity index (χ0n) is 9.52. The molecule has 0 aromatic rings. The summed E-state index contributed by atoms with van der Waals surface area (Å²) in [5.41, 5.74) is -1.11. The monoisotopic (exact) mass is 237 g/mol. The highest BCUT2D eigenvalue weighted by Gasteiger charge is 2.50. The highest BCUT2D eigenvalue weighted by Crippen LogP contribution is 2.33. The van der Waals surface area contributed by atoms with Gasteiger partial charge in [0.1, 0.15) is 5.54 Å². The number of carbonyl (C=O) groups excluding carboxylic acids is 1. The Morgan fingerprint density at radius 1 is 1.53 bits per heavy atom. The molecule has 17 heavy (non-hydrogen) atoms. The molecule has 5 heteroatoms. The van der Waals surface area contributed by atoms with Crippen molar-refractivity contribution in [1.82, 2.24) is 4.90 Å². The van der Waals surface area contributed by atoms with E-state index in [2.05, 4.69) is 5.92 Å². The van der Waals surface area contributed by atoms with Gasteiger partial charge in [-0.3, -0.25) is 4.79 Å². The lowest BCUT2D eigenvalue weighted by atomic mass is 9.88. The van der Waals surface area contributed by atoms with E-state index in [9.17, 15) is 14.7 Å². The summed E-state index contributed by atoms with van der Waals surface area (Å²) < 4.78 is 5.18. The van der Waals surface area contributed by atoms with Crippen molar-refractivity contribution < 1.29 is 19.4 Å². The van der Waals surface area contributed by atoms with Gasteiger partial charge in [-0.25, -0.2) is 4.79 Å². The average Bonchev–Trinajstić information content (AvgIpc) is 2.71. The van der Waals surface area contributed by atoms with E-state index in [0.29, 0.717) is 32.6 Å². The summed E-state index contributed by atoms with van der Waals surface area (Å²) in [5, 5.41) is 9.42. The van der Waals surface area contributed by atoms with Gasteiger partial charge in [-0.05, 0) is 0 Å². The van der Waals surface area contributed by atoms with Crippen molar-refractivity contribution in [3.63, 3.8) is 0 Å². The van der Waals surface area contributed by atoms with Gasteiger partial charge in [0.15, 0.2) is 0 Å². The van der Waals surface area contributed by atoms with Crippen LogP contribution in [-0.4, -0.2) is 47.2 Å². The Morgan fingerprint density at radius 2 is 2.18 bits per heavy atom. The van der Waals surface area contributed by atoms with Crippen LogP contribution in [0.3, 0.4) is 0 Å². The van der Waals surface area contributed by atoms with Crippen molar-refractivity contribution in [2.45, 2.75) is 24.8 Å². The van der Waals surface area contributed by atoms with Gasteiger partial charge in [-0.15, -0.1) is 12.3 Å². The second-order valence-electron chi connectivity index (χ2n) is 4.52. The third-order valence-corrected chi connectivity index (χ3v) is 3.60. The number of hydrogen-bond acceptors (Lipinski definition) is 3. The van der Waals surface area contributed by atoms with E-state index in [1.54, 1.807) is 0 Å². The molecule has 1 atom stereocenters. The molecule has 0 aromatic carbocycles. The molecular weight excluding hydrogens is 222 g/mol. The molecule has 1 N–H and O–H groups in total. The first kappa shape index (κ1) is 11.9. The molecule has 2 fully saturated rings. The fourth-order valence-corrected chi connectivity index (χ4v) is 2.54. The van der Waals surface area contributed by atoms with E-state index >= 15 is 0 Å². The third-order valence-electron chi connectivity index (χ3n) is 3.60. The number of ether oxygens (including phenoxy) is 1. The maximum absolute atomic E-state index is 11.9. The number of nitrogens with zero attached hydrogens (tertiary/aromatic N) is 1. The molecule has 2 aliphatic heterocycles. The molecule has 92 valence electrons. The second-order valence-corrected chi connectivity index (χ2v) is 4.52. The van der Waals surface area contributed by atoms with E-state index in [4.69, 9.17) is 11.2 Å². The van der Waals surface area contributed by atoms with Crippen molar-refractivity contribution >= 4 is 11.9 Å². The van der Waals surface area contributed by atoms with E-state index < -0.39 is 11.5 Å². The zero-order chi connectivity index (χ0) is 12.5. The minimum Gasteiger partial charge on any atom is -0.479 e. The number of carbonyl (C=O) groups is 2. The van der Waals surface area contributed by atoms with Crippen LogP contribution in [0.5, 0.6) is 0 Å². The number of amides is 1. The lowest BCUT2D eigenvalue weighted by Gasteiger charge is -2.40. The van der Waals surface area contributed by atoms with Gasteiger partial charge in [-0.2, -0.15) is 0 Å². The van der Waals surface area contributed by atoms with Crippen molar-refractivity contribution in [3.05, 3.63) is 0 Å². The first-order chi connectivity index (χ1) is 8.10. The Labute approximate surface area is 99.7 Å². The largest absolute Gasteiger partial charge is 0.479 e. The molecule has 0 spiro atoms. The Kier molecular flexibility index (Phi) is 3.07. The highest BCUT2D eigenvalue weighted by molar-refractivity contribution is 5.88. The van der Waals surface area contributed by atoms with Crippen LogP contribution in [0.25, 0.3) is 0 Å². The Hall–Kier alpha value is -1.54. The van der Waals surface area contributed by atoms with Gasteiger partial charge in [0.25, 0.3) is 0 Å². The standard InChI is InChI=1S/C12H15NO4/c1-2-9-7-10(14)13(8-9)12(11(15)16)3-5-17-6-4-12/h1,9H,3-8H2,(H,15,16). The van der Waals surface area contributed by atoms with Gasteiger partial charge in [-0.1, -0.05) is 0 Å². The highest BCUT2D eigenvalue weighted by atomic mass is 16.5. The smallest absolute Gasteiger partial charge is 0.329 e. The van der Waals surface area contributed by atoms with Crippen molar-refractivity contribution in [1.29, 1.82) is 0 Å². The molecule has 0 aromatic heterocycles. The molecule has 0 radical (unpaired) electrons. The molecule has 2 aliphatic rings. The summed E-state index contributed by atoms with van der Waals surface area (Å²) in [6.45, 7) is 1.09. The summed E-state index contributed by atoms with van der Waals surface area (Å²) in [5.74, 6) is 1.26. The minimum absolute atomic E-state index is 0.155. The van der Waals surface area contributed by atoms with Crippen LogP contribution in [0.1, 0.15) is 19.3 Å². The number of hydrogen-bond donors (Lipinski definition) is 1. The number of terminal acetylenes is 1. The molecule has 0 bridgehead atoms. The Balaban J connectivity index is 2.25. The number of aliphatic carboxylic acids is 1. The molecule has 2 saturated heterocycles. The van der Waals surface area contributed by atoms with Gasteiger partial charge in [0.05, 0.1) is 0 Å².